The molecule has 2 N–H and O–H groups in total. The molecule has 20 heavy (non-hydrogen) atoms. The largest absolute Gasteiger partial charge is 0.425 e. The maximum atomic E-state index is 11.5. The van der Waals surface area contributed by atoms with E-state index in [0.717, 1.165) is 16.2 Å². The average molecular weight is 265 g/mol. The van der Waals surface area contributed by atoms with Crippen LogP contribution in [0.4, 0.5) is 0 Å². The number of ether oxygens (including phenoxy) is 1. The highest BCUT2D eigenvalue weighted by Gasteiger charge is 2.10. The molecule has 0 aliphatic heterocycles. The van der Waals surface area contributed by atoms with Gasteiger partial charge >= 0.3 is 5.97 Å². The number of esters is 1. The maximum absolute atomic E-state index is 11.5. The molecule has 100 valence electrons. The van der Waals surface area contributed by atoms with E-state index in [1.807, 2.05) is 24.3 Å². The van der Waals surface area contributed by atoms with E-state index in [1.165, 1.54) is 5.39 Å². The zero-order valence-electron chi connectivity index (χ0n) is 11.2. The third-order valence-corrected chi connectivity index (χ3v) is 3.27. The number of carbonyl (C=O) groups is 1. The number of fused-ring (bicyclic) bond motifs is 2. The van der Waals surface area contributed by atoms with Crippen LogP contribution >= 0.6 is 0 Å². The van der Waals surface area contributed by atoms with E-state index in [4.69, 9.17) is 10.5 Å². The predicted octanol–water partition coefficient (Wildman–Crippen LogP) is 3.25. The number of nitrogens with two attached hydrogens (primary N) is 1. The fourth-order valence-electron chi connectivity index (χ4n) is 2.19. The molecule has 3 aromatic carbocycles. The van der Waals surface area contributed by atoms with E-state index >= 15 is 0 Å². The molecule has 1 atom stereocenters. The van der Waals surface area contributed by atoms with Crippen molar-refractivity contribution >= 4 is 27.5 Å². The lowest BCUT2D eigenvalue weighted by molar-refractivity contribution is -0.135. The first-order valence-corrected chi connectivity index (χ1v) is 6.53. The van der Waals surface area contributed by atoms with Gasteiger partial charge < -0.3 is 10.5 Å². The lowest BCUT2D eigenvalue weighted by Crippen LogP contribution is -2.30. The SMILES string of the molecule is C[C@H](N)C(=O)Oc1ccc2cc3ccccc3cc2c1. The average Bonchev–Trinajstić information content (AvgIpc) is 2.45. The lowest BCUT2D eigenvalue weighted by atomic mass is 10.0. The number of rotatable bonds is 2. The number of benzene rings is 3. The van der Waals surface area contributed by atoms with Crippen LogP contribution in [0.15, 0.2) is 54.6 Å². The summed E-state index contributed by atoms with van der Waals surface area (Å²) in [6.45, 7) is 1.61. The van der Waals surface area contributed by atoms with Gasteiger partial charge in [-0.25, -0.2) is 4.79 Å². The highest BCUT2D eigenvalue weighted by atomic mass is 16.5. The van der Waals surface area contributed by atoms with E-state index in [0.29, 0.717) is 5.75 Å². The van der Waals surface area contributed by atoms with E-state index in [1.54, 1.807) is 13.0 Å². The molecule has 3 nitrogen and oxygen atoms in total. The monoisotopic (exact) mass is 265 g/mol. The van der Waals surface area contributed by atoms with Gasteiger partial charge in [0.2, 0.25) is 0 Å². The molecule has 0 aliphatic rings. The van der Waals surface area contributed by atoms with Crippen LogP contribution < -0.4 is 10.5 Å². The molecule has 0 saturated carbocycles. The summed E-state index contributed by atoms with van der Waals surface area (Å²) < 4.78 is 5.23. The standard InChI is InChI=1S/C17H15NO2/c1-11(18)17(19)20-16-7-6-14-8-12-4-2-3-5-13(12)9-15(14)10-16/h2-11H,18H2,1H3/t11-/m0/s1. The topological polar surface area (TPSA) is 52.3 Å². The molecule has 0 amide bonds. The molecule has 0 bridgehead atoms. The Bertz CT molecular complexity index is 793. The molecule has 0 radical (unpaired) electrons. The van der Waals surface area contributed by atoms with E-state index in [9.17, 15) is 4.79 Å². The van der Waals surface area contributed by atoms with Crippen molar-refractivity contribution < 1.29 is 9.53 Å². The molecular weight excluding hydrogens is 250 g/mol. The van der Waals surface area contributed by atoms with Crippen LogP contribution in [0.2, 0.25) is 0 Å². The zero-order valence-corrected chi connectivity index (χ0v) is 11.2. The fraction of sp³-hybridized carbons (Fsp3) is 0.118. The summed E-state index contributed by atoms with van der Waals surface area (Å²) in [7, 11) is 0. The third-order valence-electron chi connectivity index (χ3n) is 3.27. The van der Waals surface area contributed by atoms with Crippen LogP contribution in [0.1, 0.15) is 6.92 Å². The molecule has 3 heteroatoms. The van der Waals surface area contributed by atoms with Gasteiger partial charge in [0.05, 0.1) is 0 Å². The maximum Gasteiger partial charge on any atom is 0.328 e. The Morgan fingerprint density at radius 1 is 0.950 bits per heavy atom. The van der Waals surface area contributed by atoms with Gasteiger partial charge in [-0.1, -0.05) is 30.3 Å². The Labute approximate surface area is 117 Å². The van der Waals surface area contributed by atoms with E-state index in [-0.39, 0.29) is 0 Å². The highest BCUT2D eigenvalue weighted by molar-refractivity contribution is 5.98. The Morgan fingerprint density at radius 2 is 1.55 bits per heavy atom. The van der Waals surface area contributed by atoms with Crippen molar-refractivity contribution in [2.24, 2.45) is 5.73 Å². The van der Waals surface area contributed by atoms with Gasteiger partial charge in [-0.05, 0) is 52.7 Å². The molecule has 0 heterocycles. The van der Waals surface area contributed by atoms with Gasteiger partial charge in [-0.15, -0.1) is 0 Å². The van der Waals surface area contributed by atoms with Crippen molar-refractivity contribution in [3.63, 3.8) is 0 Å². The summed E-state index contributed by atoms with van der Waals surface area (Å²) >= 11 is 0. The minimum Gasteiger partial charge on any atom is -0.425 e. The number of hydrogen-bond donors (Lipinski definition) is 1. The first-order chi connectivity index (χ1) is 9.63. The Balaban J connectivity index is 2.06. The lowest BCUT2D eigenvalue weighted by Gasteiger charge is -2.08. The minimum absolute atomic E-state index is 0.426. The quantitative estimate of drug-likeness (QED) is 0.439. The first-order valence-electron chi connectivity index (χ1n) is 6.53. The van der Waals surface area contributed by atoms with Gasteiger partial charge in [-0.3, -0.25) is 0 Å². The number of carbonyl (C=O) groups excluding carboxylic acids is 1. The first kappa shape index (κ1) is 12.6. The second-order valence-corrected chi connectivity index (χ2v) is 4.92. The predicted molar refractivity (Wildman–Crippen MR) is 80.7 cm³/mol. The molecule has 0 saturated heterocycles. The molecule has 3 rings (SSSR count). The van der Waals surface area contributed by atoms with Crippen molar-refractivity contribution in [3.05, 3.63) is 54.6 Å². The summed E-state index contributed by atoms with van der Waals surface area (Å²) in [6.07, 6.45) is 0. The highest BCUT2D eigenvalue weighted by Crippen LogP contribution is 2.26. The zero-order chi connectivity index (χ0) is 14.1. The van der Waals surface area contributed by atoms with Gasteiger partial charge in [0, 0.05) is 0 Å². The summed E-state index contributed by atoms with van der Waals surface area (Å²) in [6, 6.07) is 17.4. The molecule has 0 unspecified atom stereocenters. The Morgan fingerprint density at radius 3 is 2.20 bits per heavy atom. The van der Waals surface area contributed by atoms with Crippen LogP contribution in [0.5, 0.6) is 5.75 Å². The van der Waals surface area contributed by atoms with Crippen LogP contribution in [0.3, 0.4) is 0 Å². The smallest absolute Gasteiger partial charge is 0.328 e. The summed E-state index contributed by atoms with van der Waals surface area (Å²) in [5.41, 5.74) is 5.50. The summed E-state index contributed by atoms with van der Waals surface area (Å²) in [4.78, 5) is 11.5. The van der Waals surface area contributed by atoms with Crippen molar-refractivity contribution in [1.82, 2.24) is 0 Å². The molecule has 0 spiro atoms. The number of hydrogen-bond acceptors (Lipinski definition) is 3. The van der Waals surface area contributed by atoms with Crippen LogP contribution in [0, 0.1) is 0 Å². The van der Waals surface area contributed by atoms with Crippen molar-refractivity contribution in [3.8, 4) is 5.75 Å². The van der Waals surface area contributed by atoms with Gasteiger partial charge in [-0.2, -0.15) is 0 Å². The fourth-order valence-corrected chi connectivity index (χ4v) is 2.19. The molecular formula is C17H15NO2. The van der Waals surface area contributed by atoms with Gasteiger partial charge in [0.15, 0.2) is 0 Å². The second-order valence-electron chi connectivity index (χ2n) is 4.92. The summed E-state index contributed by atoms with van der Waals surface area (Å²) in [5.74, 6) is 0.0974. The van der Waals surface area contributed by atoms with Gasteiger partial charge in [0.1, 0.15) is 11.8 Å². The third kappa shape index (κ3) is 2.36. The Hall–Kier alpha value is -2.39. The van der Waals surface area contributed by atoms with Crippen molar-refractivity contribution in [1.29, 1.82) is 0 Å². The molecule has 0 aliphatic carbocycles. The Kier molecular flexibility index (Phi) is 3.12. The summed E-state index contributed by atoms with van der Waals surface area (Å²) in [5, 5.41) is 4.51. The molecule has 0 aromatic heterocycles. The van der Waals surface area contributed by atoms with Crippen LogP contribution in [0.25, 0.3) is 21.5 Å². The normalized spacial score (nSPS) is 12.5. The van der Waals surface area contributed by atoms with Gasteiger partial charge in [0.25, 0.3) is 0 Å². The minimum atomic E-state index is -0.623. The van der Waals surface area contributed by atoms with Crippen molar-refractivity contribution in [2.75, 3.05) is 0 Å². The second kappa shape index (κ2) is 4.94. The molecule has 3 aromatic rings. The van der Waals surface area contributed by atoms with Crippen molar-refractivity contribution in [2.45, 2.75) is 13.0 Å². The van der Waals surface area contributed by atoms with E-state index < -0.39 is 12.0 Å². The molecule has 0 fully saturated rings. The van der Waals surface area contributed by atoms with E-state index in [2.05, 4.69) is 24.3 Å². The van der Waals surface area contributed by atoms with Crippen LogP contribution in [-0.2, 0) is 4.79 Å². The van der Waals surface area contributed by atoms with Crippen LogP contribution in [-0.4, -0.2) is 12.0 Å².